The summed E-state index contributed by atoms with van der Waals surface area (Å²) in [5.41, 5.74) is 2.64. The fourth-order valence-corrected chi connectivity index (χ4v) is 5.32. The summed E-state index contributed by atoms with van der Waals surface area (Å²) in [6.07, 6.45) is 3.02. The van der Waals surface area contributed by atoms with Crippen LogP contribution in [-0.2, 0) is 11.2 Å². The maximum Gasteiger partial charge on any atom is 0.215 e. The van der Waals surface area contributed by atoms with Gasteiger partial charge in [0, 0.05) is 30.9 Å². The van der Waals surface area contributed by atoms with Crippen molar-refractivity contribution in [1.29, 1.82) is 5.26 Å². The van der Waals surface area contributed by atoms with Crippen LogP contribution in [0.2, 0.25) is 0 Å². The van der Waals surface area contributed by atoms with Crippen LogP contribution >= 0.6 is 0 Å². The lowest BCUT2D eigenvalue weighted by Gasteiger charge is -2.44. The van der Waals surface area contributed by atoms with Crippen LogP contribution in [-0.4, -0.2) is 37.0 Å². The molecule has 5 rings (SSSR count). The fraction of sp³-hybridized carbons (Fsp3) is 0.308. The standard InChI is InChI=1S/C26H25N3O2/c1-31-22-9-4-8-21(16-22)29(18-30)26(17-27)11-13-28(14-12-26)24-15-20-7-2-5-19-6-3-10-23(24)25(19)20/h2-10,16,18,24H,11-15H2,1H3. The highest BCUT2D eigenvalue weighted by atomic mass is 16.5. The molecule has 1 atom stereocenters. The van der Waals surface area contributed by atoms with Gasteiger partial charge in [-0.05, 0) is 53.3 Å². The monoisotopic (exact) mass is 411 g/mol. The Bertz CT molecular complexity index is 1170. The number of rotatable bonds is 5. The molecule has 0 saturated carbocycles. The highest BCUT2D eigenvalue weighted by Gasteiger charge is 2.43. The molecule has 0 bridgehead atoms. The van der Waals surface area contributed by atoms with Crippen molar-refractivity contribution < 1.29 is 9.53 Å². The highest BCUT2D eigenvalue weighted by molar-refractivity contribution is 5.91. The number of likely N-dealkylation sites (tertiary alicyclic amines) is 1. The first kappa shape index (κ1) is 19.6. The molecule has 5 heteroatoms. The number of ether oxygens (including phenoxy) is 1. The minimum Gasteiger partial charge on any atom is -0.497 e. The van der Waals surface area contributed by atoms with E-state index < -0.39 is 5.54 Å². The first-order valence-corrected chi connectivity index (χ1v) is 10.7. The molecule has 1 amide bonds. The normalized spacial score (nSPS) is 19.7. The van der Waals surface area contributed by atoms with Crippen molar-refractivity contribution in [3.05, 3.63) is 71.8 Å². The third-order valence-electron chi connectivity index (χ3n) is 6.97. The largest absolute Gasteiger partial charge is 0.497 e. The second kappa shape index (κ2) is 7.72. The van der Waals surface area contributed by atoms with Crippen LogP contribution in [0.15, 0.2) is 60.7 Å². The van der Waals surface area contributed by atoms with Crippen LogP contribution in [0, 0.1) is 11.3 Å². The zero-order valence-electron chi connectivity index (χ0n) is 17.6. The molecule has 1 aliphatic heterocycles. The molecule has 2 aliphatic rings. The van der Waals surface area contributed by atoms with E-state index in [1.807, 2.05) is 24.3 Å². The molecule has 0 N–H and O–H groups in total. The Labute approximate surface area is 182 Å². The number of benzene rings is 3. The van der Waals surface area contributed by atoms with Crippen molar-refractivity contribution in [2.75, 3.05) is 25.1 Å². The zero-order chi connectivity index (χ0) is 21.4. The fourth-order valence-electron chi connectivity index (χ4n) is 5.32. The van der Waals surface area contributed by atoms with Gasteiger partial charge < -0.3 is 4.74 Å². The van der Waals surface area contributed by atoms with Crippen molar-refractivity contribution in [2.45, 2.75) is 30.8 Å². The van der Waals surface area contributed by atoms with E-state index in [1.165, 1.54) is 21.9 Å². The van der Waals surface area contributed by atoms with Crippen molar-refractivity contribution in [3.8, 4) is 11.8 Å². The van der Waals surface area contributed by atoms with Crippen LogP contribution in [0.4, 0.5) is 5.69 Å². The summed E-state index contributed by atoms with van der Waals surface area (Å²) in [6, 6.07) is 23.3. The number of piperidine rings is 1. The SMILES string of the molecule is COc1cccc(N(C=O)C2(C#N)CCN(C3Cc4cccc5cccc3c45)CC2)c1. The Morgan fingerprint density at radius 3 is 2.58 bits per heavy atom. The number of methoxy groups -OCH3 is 1. The summed E-state index contributed by atoms with van der Waals surface area (Å²) in [7, 11) is 1.60. The van der Waals surface area contributed by atoms with E-state index in [9.17, 15) is 10.1 Å². The molecule has 3 aromatic rings. The van der Waals surface area contributed by atoms with E-state index in [1.54, 1.807) is 12.0 Å². The third kappa shape index (κ3) is 3.15. The second-order valence-corrected chi connectivity index (χ2v) is 8.44. The number of amides is 1. The predicted octanol–water partition coefficient (Wildman–Crippen LogP) is 4.47. The number of carbonyl (C=O) groups is 1. The Kier molecular flexibility index (Phi) is 4.88. The Morgan fingerprint density at radius 2 is 1.87 bits per heavy atom. The van der Waals surface area contributed by atoms with Gasteiger partial charge in [-0.3, -0.25) is 14.6 Å². The van der Waals surface area contributed by atoms with Gasteiger partial charge in [0.15, 0.2) is 0 Å². The average molecular weight is 412 g/mol. The van der Waals surface area contributed by atoms with Gasteiger partial charge >= 0.3 is 0 Å². The van der Waals surface area contributed by atoms with E-state index in [-0.39, 0.29) is 0 Å². The molecule has 1 aliphatic carbocycles. The van der Waals surface area contributed by atoms with Crippen molar-refractivity contribution in [3.63, 3.8) is 0 Å². The number of carbonyl (C=O) groups excluding carboxylic acids is 1. The van der Waals surface area contributed by atoms with Crippen LogP contribution in [0.25, 0.3) is 10.8 Å². The highest BCUT2D eigenvalue weighted by Crippen LogP contribution is 2.43. The van der Waals surface area contributed by atoms with Gasteiger partial charge in [-0.15, -0.1) is 0 Å². The first-order chi connectivity index (χ1) is 15.2. The van der Waals surface area contributed by atoms with Gasteiger partial charge in [-0.1, -0.05) is 42.5 Å². The van der Waals surface area contributed by atoms with Gasteiger partial charge in [0.05, 0.1) is 13.2 Å². The average Bonchev–Trinajstić information content (AvgIpc) is 3.21. The van der Waals surface area contributed by atoms with Crippen LogP contribution in [0.1, 0.15) is 30.0 Å². The molecule has 1 fully saturated rings. The molecular weight excluding hydrogens is 386 g/mol. The van der Waals surface area contributed by atoms with Gasteiger partial charge in [-0.25, -0.2) is 0 Å². The van der Waals surface area contributed by atoms with Gasteiger partial charge in [0.1, 0.15) is 11.3 Å². The van der Waals surface area contributed by atoms with Crippen LogP contribution < -0.4 is 9.64 Å². The van der Waals surface area contributed by atoms with Gasteiger partial charge in [-0.2, -0.15) is 5.26 Å². The molecule has 1 unspecified atom stereocenters. The Hall–Kier alpha value is -3.36. The third-order valence-corrected chi connectivity index (χ3v) is 6.97. The lowest BCUT2D eigenvalue weighted by atomic mass is 9.85. The molecule has 0 radical (unpaired) electrons. The minimum absolute atomic E-state index is 0.333. The molecule has 5 nitrogen and oxygen atoms in total. The van der Waals surface area contributed by atoms with Crippen LogP contribution in [0.3, 0.4) is 0 Å². The van der Waals surface area contributed by atoms with Gasteiger partial charge in [0.2, 0.25) is 6.41 Å². The number of anilines is 1. The van der Waals surface area contributed by atoms with Crippen LogP contribution in [0.5, 0.6) is 5.75 Å². The molecule has 156 valence electrons. The summed E-state index contributed by atoms with van der Waals surface area (Å²) in [5.74, 6) is 0.673. The smallest absolute Gasteiger partial charge is 0.215 e. The molecule has 3 aromatic carbocycles. The maximum absolute atomic E-state index is 12.1. The number of hydrogen-bond donors (Lipinski definition) is 0. The van der Waals surface area contributed by atoms with E-state index >= 15 is 0 Å². The summed E-state index contributed by atoms with van der Waals surface area (Å²) in [6.45, 7) is 1.55. The van der Waals surface area contributed by atoms with E-state index in [4.69, 9.17) is 4.74 Å². The molecule has 1 heterocycles. The zero-order valence-corrected chi connectivity index (χ0v) is 17.6. The quantitative estimate of drug-likeness (QED) is 0.582. The summed E-state index contributed by atoms with van der Waals surface area (Å²) in [5, 5.41) is 12.8. The van der Waals surface area contributed by atoms with Crippen molar-refractivity contribution in [1.82, 2.24) is 4.90 Å². The molecular formula is C26H25N3O2. The Morgan fingerprint density at radius 1 is 1.13 bits per heavy atom. The number of nitriles is 1. The topological polar surface area (TPSA) is 56.6 Å². The number of hydrogen-bond acceptors (Lipinski definition) is 4. The minimum atomic E-state index is -0.845. The first-order valence-electron chi connectivity index (χ1n) is 10.7. The molecule has 0 spiro atoms. The van der Waals surface area contributed by atoms with E-state index in [2.05, 4.69) is 47.4 Å². The van der Waals surface area contributed by atoms with Crippen molar-refractivity contribution >= 4 is 22.9 Å². The summed E-state index contributed by atoms with van der Waals surface area (Å²) in [4.78, 5) is 16.2. The maximum atomic E-state index is 12.1. The lowest BCUT2D eigenvalue weighted by molar-refractivity contribution is -0.108. The summed E-state index contributed by atoms with van der Waals surface area (Å²) < 4.78 is 5.31. The molecule has 31 heavy (non-hydrogen) atoms. The van der Waals surface area contributed by atoms with E-state index in [0.29, 0.717) is 30.3 Å². The number of nitrogens with zero attached hydrogens (tertiary/aromatic N) is 3. The lowest BCUT2D eigenvalue weighted by Crippen LogP contribution is -2.55. The Balaban J connectivity index is 1.39. The van der Waals surface area contributed by atoms with Gasteiger partial charge in [0.25, 0.3) is 0 Å². The predicted molar refractivity (Wildman–Crippen MR) is 121 cm³/mol. The second-order valence-electron chi connectivity index (χ2n) is 8.44. The molecule has 1 saturated heterocycles. The van der Waals surface area contributed by atoms with E-state index in [0.717, 1.165) is 25.9 Å². The van der Waals surface area contributed by atoms with Crippen molar-refractivity contribution in [2.24, 2.45) is 0 Å². The molecule has 0 aromatic heterocycles. The summed E-state index contributed by atoms with van der Waals surface area (Å²) >= 11 is 0.